The average molecular weight is 900 g/mol. The molecule has 0 saturated carbocycles. The third kappa shape index (κ3) is 44.5. The van der Waals surface area contributed by atoms with Crippen molar-refractivity contribution in [2.75, 3.05) is 41.0 Å². The van der Waals surface area contributed by atoms with Crippen LogP contribution in [-0.2, 0) is 28.6 Å². The van der Waals surface area contributed by atoms with Gasteiger partial charge in [0.15, 0.2) is 6.10 Å². The van der Waals surface area contributed by atoms with Crippen LogP contribution in [0.15, 0.2) is 48.6 Å². The number of carboxylic acid groups (broad SMARTS) is 1. The maximum absolute atomic E-state index is 12.8. The molecule has 0 aromatic rings. The third-order valence-corrected chi connectivity index (χ3v) is 12.0. The molecule has 0 aromatic heterocycles. The Morgan fingerprint density at radius 2 is 0.875 bits per heavy atom. The zero-order valence-corrected chi connectivity index (χ0v) is 42.4. The van der Waals surface area contributed by atoms with Gasteiger partial charge in [-0.25, -0.2) is 0 Å². The summed E-state index contributed by atoms with van der Waals surface area (Å²) in [7, 11) is 5.41. The molecule has 0 N–H and O–H groups in total. The molecule has 64 heavy (non-hydrogen) atoms. The van der Waals surface area contributed by atoms with Gasteiger partial charge in [-0.15, -0.1) is 0 Å². The van der Waals surface area contributed by atoms with Crippen LogP contribution in [0.3, 0.4) is 0 Å². The highest BCUT2D eigenvalue weighted by molar-refractivity contribution is 5.70. The molecule has 0 aliphatic rings. The lowest BCUT2D eigenvalue weighted by atomic mass is 10.1. The molecule has 0 amide bonds. The number of allylic oxidation sites excluding steroid dienone is 8. The number of unbranched alkanes of at least 4 members (excludes halogenated alkanes) is 27. The van der Waals surface area contributed by atoms with E-state index in [-0.39, 0.29) is 42.7 Å². The normalized spacial score (nSPS) is 13.2. The molecule has 0 saturated heterocycles. The molecular weight excluding hydrogens is 799 g/mol. The first-order valence-corrected chi connectivity index (χ1v) is 26.7. The second kappa shape index (κ2) is 46.8. The minimum absolute atomic E-state index is 0.0323. The average Bonchev–Trinajstić information content (AvgIpc) is 3.26. The molecule has 0 spiro atoms. The SMILES string of the molecule is CCCCCCCCC/C=C/C=C/CCCCCCCC(=O)OCC(COCCC(C(=O)[O-])[N+](C)(C)C)OC(=O)CCCCCCCCC/C=C/C/C=C/CCCCCCCCCC. The Balaban J connectivity index is 4.27. The summed E-state index contributed by atoms with van der Waals surface area (Å²) in [6, 6.07) is -0.731. The van der Waals surface area contributed by atoms with Crippen LogP contribution >= 0.6 is 0 Å². The predicted molar refractivity (Wildman–Crippen MR) is 268 cm³/mol. The summed E-state index contributed by atoms with van der Waals surface area (Å²) < 4.78 is 17.2. The van der Waals surface area contributed by atoms with E-state index in [1.54, 1.807) is 21.1 Å². The fourth-order valence-corrected chi connectivity index (χ4v) is 7.80. The second-order valence-electron chi connectivity index (χ2n) is 19.1. The summed E-state index contributed by atoms with van der Waals surface area (Å²) >= 11 is 0. The fourth-order valence-electron chi connectivity index (χ4n) is 7.80. The smallest absolute Gasteiger partial charge is 0.306 e. The number of carbonyl (C=O) groups excluding carboxylic acids is 3. The van der Waals surface area contributed by atoms with Gasteiger partial charge in [-0.1, -0.05) is 197 Å². The number of esters is 2. The van der Waals surface area contributed by atoms with Gasteiger partial charge in [-0.3, -0.25) is 9.59 Å². The highest BCUT2D eigenvalue weighted by atomic mass is 16.6. The van der Waals surface area contributed by atoms with Crippen molar-refractivity contribution in [2.45, 2.75) is 251 Å². The van der Waals surface area contributed by atoms with E-state index in [0.717, 1.165) is 70.6 Å². The summed E-state index contributed by atoms with van der Waals surface area (Å²) in [5.41, 5.74) is 0. The monoisotopic (exact) mass is 900 g/mol. The molecular formula is C56H101NO7. The maximum Gasteiger partial charge on any atom is 0.306 e. The topological polar surface area (TPSA) is 102 Å². The third-order valence-electron chi connectivity index (χ3n) is 12.0. The Morgan fingerprint density at radius 1 is 0.484 bits per heavy atom. The molecule has 0 aliphatic heterocycles. The van der Waals surface area contributed by atoms with Crippen molar-refractivity contribution in [3.8, 4) is 0 Å². The molecule has 8 nitrogen and oxygen atoms in total. The summed E-state index contributed by atoms with van der Waals surface area (Å²) in [5, 5.41) is 11.7. The molecule has 0 aromatic carbocycles. The van der Waals surface area contributed by atoms with Crippen LogP contribution < -0.4 is 5.11 Å². The van der Waals surface area contributed by atoms with E-state index < -0.39 is 18.1 Å². The molecule has 0 heterocycles. The first kappa shape index (κ1) is 61.3. The first-order valence-electron chi connectivity index (χ1n) is 26.7. The van der Waals surface area contributed by atoms with Crippen LogP contribution in [-0.4, -0.2) is 75.5 Å². The summed E-state index contributed by atoms with van der Waals surface area (Å²) in [5.74, 6) is -1.76. The van der Waals surface area contributed by atoms with E-state index in [1.165, 1.54) is 135 Å². The Kier molecular flexibility index (Phi) is 44.8. The van der Waals surface area contributed by atoms with Gasteiger partial charge in [-0.05, 0) is 70.6 Å². The molecule has 0 rings (SSSR count). The van der Waals surface area contributed by atoms with E-state index in [9.17, 15) is 19.5 Å². The van der Waals surface area contributed by atoms with Gasteiger partial charge in [0.25, 0.3) is 0 Å². The van der Waals surface area contributed by atoms with Crippen molar-refractivity contribution in [1.82, 2.24) is 0 Å². The summed E-state index contributed by atoms with van der Waals surface area (Å²) in [4.78, 5) is 37.1. The highest BCUT2D eigenvalue weighted by Crippen LogP contribution is 2.15. The van der Waals surface area contributed by atoms with Crippen LogP contribution in [0.5, 0.6) is 0 Å². The van der Waals surface area contributed by atoms with Gasteiger partial charge < -0.3 is 28.6 Å². The molecule has 0 fully saturated rings. The fraction of sp³-hybridized carbons (Fsp3) is 0.804. The van der Waals surface area contributed by atoms with Crippen molar-refractivity contribution < 1.29 is 38.2 Å². The van der Waals surface area contributed by atoms with Gasteiger partial charge in [0.1, 0.15) is 12.6 Å². The van der Waals surface area contributed by atoms with Crippen molar-refractivity contribution >= 4 is 17.9 Å². The van der Waals surface area contributed by atoms with Gasteiger partial charge in [0.05, 0.1) is 40.3 Å². The maximum atomic E-state index is 12.8. The minimum Gasteiger partial charge on any atom is -0.544 e. The van der Waals surface area contributed by atoms with Crippen LogP contribution in [0.25, 0.3) is 0 Å². The first-order chi connectivity index (χ1) is 31.1. The van der Waals surface area contributed by atoms with E-state index in [1.807, 2.05) is 0 Å². The van der Waals surface area contributed by atoms with Gasteiger partial charge in [0, 0.05) is 19.3 Å². The predicted octanol–water partition coefficient (Wildman–Crippen LogP) is 14.2. The number of carbonyl (C=O) groups is 3. The molecule has 0 radical (unpaired) electrons. The number of nitrogens with zero attached hydrogens (tertiary/aromatic N) is 1. The number of likely N-dealkylation sites (N-methyl/N-ethyl adjacent to an activating group) is 1. The minimum atomic E-state index is -1.13. The van der Waals surface area contributed by atoms with Crippen molar-refractivity contribution in [3.63, 3.8) is 0 Å². The zero-order chi connectivity index (χ0) is 47.0. The summed E-state index contributed by atoms with van der Waals surface area (Å²) in [6.07, 6.45) is 57.1. The molecule has 0 aliphatic carbocycles. The van der Waals surface area contributed by atoms with Crippen LogP contribution in [0.2, 0.25) is 0 Å². The number of hydrogen-bond donors (Lipinski definition) is 0. The van der Waals surface area contributed by atoms with Crippen molar-refractivity contribution in [2.24, 2.45) is 0 Å². The number of carboxylic acids is 1. The lowest BCUT2D eigenvalue weighted by Gasteiger charge is -2.34. The molecule has 2 unspecified atom stereocenters. The Bertz CT molecular complexity index is 1190. The van der Waals surface area contributed by atoms with Crippen LogP contribution in [0.1, 0.15) is 239 Å². The van der Waals surface area contributed by atoms with Gasteiger partial charge in [0.2, 0.25) is 0 Å². The van der Waals surface area contributed by atoms with Gasteiger partial charge >= 0.3 is 11.9 Å². The van der Waals surface area contributed by atoms with Crippen LogP contribution in [0.4, 0.5) is 0 Å². The number of aliphatic carboxylic acids is 1. The zero-order valence-electron chi connectivity index (χ0n) is 42.4. The standard InChI is InChI=1S/C56H101NO7/c1-6-8-10-12-14-16-18-20-22-24-26-27-28-29-31-33-35-37-39-41-43-45-47-55(59)64-52(50-62-49-48-53(56(60)61)57(3,4)5)51-63-54(58)46-44-42-40-38-36-34-32-30-25-23-21-19-17-15-13-11-9-7-2/h23-26,28-30,32,52-53H,6-22,27,31,33-51H2,1-5H3/b25-23+,26-24+,29-28+,32-30+. The van der Waals surface area contributed by atoms with Crippen LogP contribution in [0, 0.1) is 0 Å². The Morgan fingerprint density at radius 3 is 1.30 bits per heavy atom. The van der Waals surface area contributed by atoms with Crippen molar-refractivity contribution in [3.05, 3.63) is 48.6 Å². The molecule has 0 bridgehead atoms. The second-order valence-corrected chi connectivity index (χ2v) is 19.1. The van der Waals surface area contributed by atoms with Crippen molar-refractivity contribution in [1.29, 1.82) is 0 Å². The van der Waals surface area contributed by atoms with E-state index in [4.69, 9.17) is 14.2 Å². The quantitative estimate of drug-likeness (QED) is 0.0197. The van der Waals surface area contributed by atoms with E-state index in [0.29, 0.717) is 12.8 Å². The Labute approximate surface area is 395 Å². The lowest BCUT2D eigenvalue weighted by Crippen LogP contribution is -2.55. The molecule has 372 valence electrons. The number of ether oxygens (including phenoxy) is 3. The number of rotatable bonds is 48. The van der Waals surface area contributed by atoms with E-state index in [2.05, 4.69) is 62.5 Å². The van der Waals surface area contributed by atoms with Gasteiger partial charge in [-0.2, -0.15) is 0 Å². The number of quaternary nitrogens is 1. The number of hydrogen-bond acceptors (Lipinski definition) is 7. The van der Waals surface area contributed by atoms with E-state index >= 15 is 0 Å². The lowest BCUT2D eigenvalue weighted by molar-refractivity contribution is -0.889. The largest absolute Gasteiger partial charge is 0.544 e. The molecule has 8 heteroatoms. The summed E-state index contributed by atoms with van der Waals surface area (Å²) in [6.45, 7) is 4.65. The highest BCUT2D eigenvalue weighted by Gasteiger charge is 2.25. The Hall–Kier alpha value is -2.71. The molecule has 2 atom stereocenters.